The number of hydrogen-bond acceptors (Lipinski definition) is 3. The zero-order valence-electron chi connectivity index (χ0n) is 18.6. The van der Waals surface area contributed by atoms with E-state index >= 15 is 0 Å². The minimum atomic E-state index is -0.261. The van der Waals surface area contributed by atoms with Crippen molar-refractivity contribution in [2.75, 3.05) is 5.32 Å². The van der Waals surface area contributed by atoms with Crippen LogP contribution < -0.4 is 5.32 Å². The molecule has 0 spiro atoms. The lowest BCUT2D eigenvalue weighted by molar-refractivity contribution is -0.128. The number of para-hydroxylation sites is 1. The van der Waals surface area contributed by atoms with Crippen LogP contribution in [0.15, 0.2) is 41.3 Å². The molecule has 1 atom stereocenters. The number of nitrogens with one attached hydrogen (secondary N) is 1. The summed E-state index contributed by atoms with van der Waals surface area (Å²) in [5.74, 6) is 0.748. The third-order valence-corrected chi connectivity index (χ3v) is 8.11. The Morgan fingerprint density at radius 3 is 2.50 bits per heavy atom. The molecule has 2 aliphatic rings. The van der Waals surface area contributed by atoms with E-state index in [2.05, 4.69) is 25.2 Å². The van der Waals surface area contributed by atoms with E-state index in [-0.39, 0.29) is 22.4 Å². The summed E-state index contributed by atoms with van der Waals surface area (Å²) < 4.78 is 0. The molecular weight excluding hydrogens is 390 g/mol. The molecule has 1 N–H and O–H groups in total. The fourth-order valence-electron chi connectivity index (χ4n) is 4.99. The summed E-state index contributed by atoms with van der Waals surface area (Å²) in [6.45, 7) is 4.47. The summed E-state index contributed by atoms with van der Waals surface area (Å²) in [6, 6.07) is 7.79. The van der Waals surface area contributed by atoms with Gasteiger partial charge < -0.3 is 5.32 Å². The van der Waals surface area contributed by atoms with Gasteiger partial charge in [0.25, 0.3) is 0 Å². The van der Waals surface area contributed by atoms with Crippen LogP contribution in [0.25, 0.3) is 0 Å². The van der Waals surface area contributed by atoms with Crippen molar-refractivity contribution in [1.29, 1.82) is 0 Å². The zero-order chi connectivity index (χ0) is 21.4. The molecule has 1 aromatic carbocycles. The molecule has 0 saturated heterocycles. The Morgan fingerprint density at radius 1 is 1.10 bits per heavy atom. The molecule has 4 heteroatoms. The number of allylic oxidation sites excluding steroid dienone is 2. The molecule has 0 aromatic heterocycles. The molecule has 1 saturated carbocycles. The molecule has 1 fully saturated rings. The van der Waals surface area contributed by atoms with Crippen molar-refractivity contribution < 1.29 is 9.59 Å². The highest BCUT2D eigenvalue weighted by atomic mass is 32.2. The Bertz CT molecular complexity index is 747. The molecule has 3 rings (SSSR count). The smallest absolute Gasteiger partial charge is 0.230 e. The van der Waals surface area contributed by atoms with Crippen LogP contribution in [0.3, 0.4) is 0 Å². The van der Waals surface area contributed by atoms with Crippen LogP contribution in [0.1, 0.15) is 84.5 Å². The SMILES string of the molecule is CCC(CC)CC1(C(=O)Nc2ccccc2SC(=O)C2C=CCCC2)CCCCC1. The molecule has 0 aliphatic heterocycles. The molecule has 3 nitrogen and oxygen atoms in total. The average molecular weight is 428 g/mol. The van der Waals surface area contributed by atoms with Gasteiger partial charge in [0.15, 0.2) is 0 Å². The van der Waals surface area contributed by atoms with Crippen LogP contribution in [0.2, 0.25) is 0 Å². The van der Waals surface area contributed by atoms with Crippen LogP contribution in [0, 0.1) is 17.3 Å². The van der Waals surface area contributed by atoms with Gasteiger partial charge in [-0.05, 0) is 68.3 Å². The van der Waals surface area contributed by atoms with Gasteiger partial charge in [-0.1, -0.05) is 70.2 Å². The highest BCUT2D eigenvalue weighted by Crippen LogP contribution is 2.44. The van der Waals surface area contributed by atoms with Crippen molar-refractivity contribution in [2.45, 2.75) is 89.4 Å². The summed E-state index contributed by atoms with van der Waals surface area (Å²) in [4.78, 5) is 27.2. The largest absolute Gasteiger partial charge is 0.325 e. The number of rotatable bonds is 8. The monoisotopic (exact) mass is 427 g/mol. The van der Waals surface area contributed by atoms with Crippen LogP contribution in [0.4, 0.5) is 5.69 Å². The summed E-state index contributed by atoms with van der Waals surface area (Å²) >= 11 is 1.28. The third-order valence-electron chi connectivity index (χ3n) is 7.03. The molecule has 0 radical (unpaired) electrons. The van der Waals surface area contributed by atoms with Crippen LogP contribution in [-0.4, -0.2) is 11.0 Å². The summed E-state index contributed by atoms with van der Waals surface area (Å²) in [6.07, 6.45) is 15.9. The van der Waals surface area contributed by atoms with E-state index in [0.717, 1.165) is 74.8 Å². The first-order valence-electron chi connectivity index (χ1n) is 11.9. The number of benzene rings is 1. The number of thioether (sulfide) groups is 1. The number of hydrogen-bond donors (Lipinski definition) is 1. The maximum absolute atomic E-state index is 13.6. The second-order valence-electron chi connectivity index (χ2n) is 9.06. The highest BCUT2D eigenvalue weighted by Gasteiger charge is 2.40. The van der Waals surface area contributed by atoms with E-state index in [1.54, 1.807) is 0 Å². The van der Waals surface area contributed by atoms with Crippen LogP contribution in [0.5, 0.6) is 0 Å². The fourth-order valence-corrected chi connectivity index (χ4v) is 5.93. The maximum Gasteiger partial charge on any atom is 0.230 e. The second-order valence-corrected chi connectivity index (χ2v) is 10.1. The van der Waals surface area contributed by atoms with E-state index in [9.17, 15) is 9.59 Å². The van der Waals surface area contributed by atoms with Crippen molar-refractivity contribution >= 4 is 28.5 Å². The molecule has 1 unspecified atom stereocenters. The molecule has 2 aliphatic carbocycles. The third kappa shape index (κ3) is 5.78. The average Bonchev–Trinajstić information content (AvgIpc) is 2.80. The first-order chi connectivity index (χ1) is 14.6. The van der Waals surface area contributed by atoms with Crippen LogP contribution in [-0.2, 0) is 9.59 Å². The molecule has 164 valence electrons. The van der Waals surface area contributed by atoms with Gasteiger partial charge in [-0.15, -0.1) is 0 Å². The Labute approximate surface area is 186 Å². The molecule has 0 heterocycles. The van der Waals surface area contributed by atoms with Gasteiger partial charge in [-0.2, -0.15) is 0 Å². The molecule has 30 heavy (non-hydrogen) atoms. The zero-order valence-corrected chi connectivity index (χ0v) is 19.4. The van der Waals surface area contributed by atoms with Crippen LogP contribution >= 0.6 is 11.8 Å². The number of amides is 1. The van der Waals surface area contributed by atoms with Gasteiger partial charge in [0.2, 0.25) is 11.0 Å². The molecular formula is C26H37NO2S. The molecule has 1 aromatic rings. The van der Waals surface area contributed by atoms with E-state index in [0.29, 0.717) is 5.92 Å². The van der Waals surface area contributed by atoms with Crippen molar-refractivity contribution in [3.8, 4) is 0 Å². The number of carbonyl (C=O) groups excluding carboxylic acids is 2. The van der Waals surface area contributed by atoms with Gasteiger partial charge >= 0.3 is 0 Å². The predicted octanol–water partition coefficient (Wildman–Crippen LogP) is 7.38. The standard InChI is InChI=1S/C26H37NO2S/c1-3-20(4-2)19-26(17-11-6-12-18-26)25(29)27-22-15-9-10-16-23(22)30-24(28)21-13-7-5-8-14-21/h7,9-10,13,15-16,20-21H,3-6,8,11-12,14,17-19H2,1-2H3,(H,27,29). The Morgan fingerprint density at radius 2 is 1.83 bits per heavy atom. The predicted molar refractivity (Wildman–Crippen MR) is 127 cm³/mol. The quantitative estimate of drug-likeness (QED) is 0.348. The van der Waals surface area contributed by atoms with Crippen molar-refractivity contribution in [3.63, 3.8) is 0 Å². The fraction of sp³-hybridized carbons (Fsp3) is 0.615. The summed E-state index contributed by atoms with van der Waals surface area (Å²) in [5.41, 5.74) is 0.526. The van der Waals surface area contributed by atoms with E-state index in [1.807, 2.05) is 30.3 Å². The maximum atomic E-state index is 13.6. The van der Waals surface area contributed by atoms with E-state index < -0.39 is 0 Å². The first-order valence-corrected chi connectivity index (χ1v) is 12.7. The lowest BCUT2D eigenvalue weighted by Crippen LogP contribution is -2.39. The first kappa shape index (κ1) is 23.1. The van der Waals surface area contributed by atoms with Crippen molar-refractivity contribution in [1.82, 2.24) is 0 Å². The molecule has 0 bridgehead atoms. The molecule has 1 amide bonds. The van der Waals surface area contributed by atoms with Crippen molar-refractivity contribution in [2.24, 2.45) is 17.3 Å². The number of anilines is 1. The topological polar surface area (TPSA) is 46.2 Å². The van der Waals surface area contributed by atoms with Gasteiger partial charge in [-0.3, -0.25) is 9.59 Å². The minimum absolute atomic E-state index is 0.00735. The second kappa shape index (κ2) is 11.2. The lowest BCUT2D eigenvalue weighted by atomic mass is 9.67. The van der Waals surface area contributed by atoms with E-state index in [1.165, 1.54) is 18.2 Å². The minimum Gasteiger partial charge on any atom is -0.325 e. The highest BCUT2D eigenvalue weighted by molar-refractivity contribution is 8.13. The van der Waals surface area contributed by atoms with Gasteiger partial charge in [0.05, 0.1) is 5.69 Å². The Kier molecular flexibility index (Phi) is 8.61. The van der Waals surface area contributed by atoms with E-state index in [4.69, 9.17) is 0 Å². The number of carbonyl (C=O) groups is 2. The van der Waals surface area contributed by atoms with Gasteiger partial charge in [0, 0.05) is 16.2 Å². The lowest BCUT2D eigenvalue weighted by Gasteiger charge is -2.38. The normalized spacial score (nSPS) is 20.8. The Balaban J connectivity index is 1.75. The summed E-state index contributed by atoms with van der Waals surface area (Å²) in [5, 5.41) is 3.43. The Hall–Kier alpha value is -1.55. The summed E-state index contributed by atoms with van der Waals surface area (Å²) in [7, 11) is 0. The van der Waals surface area contributed by atoms with Gasteiger partial charge in [0.1, 0.15) is 0 Å². The van der Waals surface area contributed by atoms with Crippen molar-refractivity contribution in [3.05, 3.63) is 36.4 Å². The van der Waals surface area contributed by atoms with Gasteiger partial charge in [-0.25, -0.2) is 0 Å².